The zero-order valence-corrected chi connectivity index (χ0v) is 21.9. The van der Waals surface area contributed by atoms with Crippen LogP contribution in [-0.4, -0.2) is 36.7 Å². The number of ether oxygens (including phenoxy) is 1. The van der Waals surface area contributed by atoms with Gasteiger partial charge in [0.05, 0.1) is 5.92 Å². The van der Waals surface area contributed by atoms with Gasteiger partial charge in [0.2, 0.25) is 0 Å². The predicted octanol–water partition coefficient (Wildman–Crippen LogP) is 6.68. The Morgan fingerprint density at radius 3 is 2.09 bits per heavy atom. The molecule has 0 aliphatic carbocycles. The topological polar surface area (TPSA) is 15.7 Å². The largest absolute Gasteiger partial charge is 0.486 e. The van der Waals surface area contributed by atoms with Gasteiger partial charge in [-0.05, 0) is 81.5 Å². The molecule has 2 heterocycles. The van der Waals surface area contributed by atoms with Crippen molar-refractivity contribution in [2.24, 2.45) is 0 Å². The average molecular weight is 473 g/mol. The number of nitrogens with zero attached hydrogens (tertiary/aromatic N) is 2. The second kappa shape index (κ2) is 8.98. The van der Waals surface area contributed by atoms with Crippen LogP contribution in [0, 0.1) is 33.5 Å². The number of piperazine rings is 1. The highest BCUT2D eigenvalue weighted by Crippen LogP contribution is 2.54. The molecule has 1 saturated heterocycles. The van der Waals surface area contributed by atoms with Crippen molar-refractivity contribution < 1.29 is 9.13 Å². The standard InChI is InChI=1S/C31H37FN2O/c1-20-7-11-25(12-8-20)28-27-23(4)29(21(2)22(3)30(27)35-31(28,5)6)34-17-15-33(16-18-34)19-24-9-13-26(32)14-10-24/h7-14,28H,15-19H2,1-6H3. The molecule has 5 rings (SSSR count). The maximum absolute atomic E-state index is 13.3. The third-order valence-electron chi connectivity index (χ3n) is 8.03. The molecule has 3 aromatic carbocycles. The molecule has 2 aliphatic heterocycles. The van der Waals surface area contributed by atoms with E-state index in [1.54, 1.807) is 12.1 Å². The highest BCUT2D eigenvalue weighted by atomic mass is 19.1. The monoisotopic (exact) mass is 472 g/mol. The molecule has 4 heteroatoms. The lowest BCUT2D eigenvalue weighted by Crippen LogP contribution is -2.46. The molecule has 1 fully saturated rings. The zero-order valence-electron chi connectivity index (χ0n) is 21.9. The van der Waals surface area contributed by atoms with Crippen LogP contribution in [0.1, 0.15) is 58.7 Å². The fourth-order valence-corrected chi connectivity index (χ4v) is 6.06. The zero-order chi connectivity index (χ0) is 24.9. The summed E-state index contributed by atoms with van der Waals surface area (Å²) in [6.45, 7) is 18.2. The van der Waals surface area contributed by atoms with E-state index in [1.807, 2.05) is 12.1 Å². The lowest BCUT2D eigenvalue weighted by Gasteiger charge is -2.38. The number of rotatable bonds is 4. The summed E-state index contributed by atoms with van der Waals surface area (Å²) in [7, 11) is 0. The van der Waals surface area contributed by atoms with Crippen LogP contribution in [0.25, 0.3) is 0 Å². The van der Waals surface area contributed by atoms with Crippen LogP contribution in [0.4, 0.5) is 10.1 Å². The summed E-state index contributed by atoms with van der Waals surface area (Å²) in [4.78, 5) is 5.03. The Morgan fingerprint density at radius 2 is 1.46 bits per heavy atom. The van der Waals surface area contributed by atoms with Gasteiger partial charge in [0.1, 0.15) is 17.2 Å². The summed E-state index contributed by atoms with van der Waals surface area (Å²) in [5.41, 5.74) is 10.1. The third kappa shape index (κ3) is 4.33. The fraction of sp³-hybridized carbons (Fsp3) is 0.419. The van der Waals surface area contributed by atoms with Crippen LogP contribution in [-0.2, 0) is 6.54 Å². The van der Waals surface area contributed by atoms with Crippen molar-refractivity contribution in [3.05, 3.63) is 93.3 Å². The van der Waals surface area contributed by atoms with E-state index in [4.69, 9.17) is 4.74 Å². The van der Waals surface area contributed by atoms with Crippen LogP contribution < -0.4 is 9.64 Å². The molecule has 3 aromatic rings. The van der Waals surface area contributed by atoms with E-state index in [2.05, 4.69) is 75.6 Å². The van der Waals surface area contributed by atoms with Crippen LogP contribution in [0.3, 0.4) is 0 Å². The van der Waals surface area contributed by atoms with Crippen molar-refractivity contribution in [1.82, 2.24) is 4.90 Å². The van der Waals surface area contributed by atoms with E-state index in [9.17, 15) is 4.39 Å². The Labute approximate surface area is 209 Å². The van der Waals surface area contributed by atoms with Crippen LogP contribution >= 0.6 is 0 Å². The molecular weight excluding hydrogens is 435 g/mol. The van der Waals surface area contributed by atoms with Gasteiger partial charge in [-0.1, -0.05) is 42.0 Å². The predicted molar refractivity (Wildman–Crippen MR) is 142 cm³/mol. The van der Waals surface area contributed by atoms with Crippen molar-refractivity contribution in [3.8, 4) is 5.75 Å². The molecule has 184 valence electrons. The molecule has 0 saturated carbocycles. The molecule has 0 bridgehead atoms. The number of fused-ring (bicyclic) bond motifs is 1. The van der Waals surface area contributed by atoms with Gasteiger partial charge in [0.25, 0.3) is 0 Å². The average Bonchev–Trinajstić information content (AvgIpc) is 3.12. The van der Waals surface area contributed by atoms with E-state index in [0.29, 0.717) is 0 Å². The van der Waals surface area contributed by atoms with Crippen LogP contribution in [0.5, 0.6) is 5.75 Å². The summed E-state index contributed by atoms with van der Waals surface area (Å²) in [6, 6.07) is 15.9. The van der Waals surface area contributed by atoms with E-state index in [0.717, 1.165) is 38.5 Å². The van der Waals surface area contributed by atoms with Gasteiger partial charge < -0.3 is 9.64 Å². The first-order valence-corrected chi connectivity index (χ1v) is 12.8. The number of halogens is 1. The smallest absolute Gasteiger partial charge is 0.127 e. The number of hydrogen-bond donors (Lipinski definition) is 0. The highest BCUT2D eigenvalue weighted by Gasteiger charge is 2.45. The number of aryl methyl sites for hydroxylation is 1. The molecule has 1 atom stereocenters. The Kier molecular flexibility index (Phi) is 6.13. The van der Waals surface area contributed by atoms with Gasteiger partial charge in [-0.15, -0.1) is 0 Å². The number of benzene rings is 3. The Morgan fingerprint density at radius 1 is 0.829 bits per heavy atom. The molecule has 0 N–H and O–H groups in total. The van der Waals surface area contributed by atoms with Crippen LogP contribution in [0.15, 0.2) is 48.5 Å². The Balaban J connectivity index is 1.44. The molecular formula is C31H37FN2O. The summed E-state index contributed by atoms with van der Waals surface area (Å²) in [5.74, 6) is 1.11. The second-order valence-corrected chi connectivity index (χ2v) is 10.9. The van der Waals surface area contributed by atoms with Gasteiger partial charge in [-0.2, -0.15) is 0 Å². The van der Waals surface area contributed by atoms with Gasteiger partial charge >= 0.3 is 0 Å². The van der Waals surface area contributed by atoms with Gasteiger partial charge in [0, 0.05) is 44.0 Å². The Bertz CT molecular complexity index is 1220. The molecule has 2 aliphatic rings. The first-order chi connectivity index (χ1) is 16.7. The molecule has 1 unspecified atom stereocenters. The maximum atomic E-state index is 13.3. The van der Waals surface area contributed by atoms with Crippen LogP contribution in [0.2, 0.25) is 0 Å². The van der Waals surface area contributed by atoms with Crippen molar-refractivity contribution in [3.63, 3.8) is 0 Å². The molecule has 0 radical (unpaired) electrons. The summed E-state index contributed by atoms with van der Waals surface area (Å²) >= 11 is 0. The minimum atomic E-state index is -0.300. The number of hydrogen-bond acceptors (Lipinski definition) is 3. The first kappa shape index (κ1) is 23.9. The third-order valence-corrected chi connectivity index (χ3v) is 8.03. The minimum Gasteiger partial charge on any atom is -0.486 e. The number of anilines is 1. The summed E-state index contributed by atoms with van der Waals surface area (Å²) < 4.78 is 19.9. The molecule has 3 nitrogen and oxygen atoms in total. The molecule has 0 spiro atoms. The lowest BCUT2D eigenvalue weighted by molar-refractivity contribution is 0.121. The van der Waals surface area contributed by atoms with Crippen molar-refractivity contribution in [2.75, 3.05) is 31.1 Å². The van der Waals surface area contributed by atoms with Gasteiger partial charge in [0.15, 0.2) is 0 Å². The van der Waals surface area contributed by atoms with Crippen molar-refractivity contribution >= 4 is 5.69 Å². The van der Waals surface area contributed by atoms with E-state index in [1.165, 1.54) is 44.6 Å². The Hall–Kier alpha value is -2.85. The fourth-order valence-electron chi connectivity index (χ4n) is 6.06. The van der Waals surface area contributed by atoms with E-state index >= 15 is 0 Å². The second-order valence-electron chi connectivity index (χ2n) is 10.9. The maximum Gasteiger partial charge on any atom is 0.127 e. The van der Waals surface area contributed by atoms with E-state index in [-0.39, 0.29) is 17.3 Å². The van der Waals surface area contributed by atoms with E-state index < -0.39 is 0 Å². The molecule has 35 heavy (non-hydrogen) atoms. The SMILES string of the molecule is Cc1ccc(C2c3c(C)c(N4CCN(Cc5ccc(F)cc5)CC4)c(C)c(C)c3OC2(C)C)cc1. The highest BCUT2D eigenvalue weighted by molar-refractivity contribution is 5.72. The van der Waals surface area contributed by atoms with Gasteiger partial charge in [-0.3, -0.25) is 4.90 Å². The van der Waals surface area contributed by atoms with Crippen molar-refractivity contribution in [1.29, 1.82) is 0 Å². The molecule has 0 aromatic heterocycles. The van der Waals surface area contributed by atoms with Crippen molar-refractivity contribution in [2.45, 2.75) is 59.6 Å². The molecule has 0 amide bonds. The normalized spacial score (nSPS) is 19.5. The summed E-state index contributed by atoms with van der Waals surface area (Å²) in [6.07, 6.45) is 0. The summed E-state index contributed by atoms with van der Waals surface area (Å²) in [5, 5.41) is 0. The minimum absolute atomic E-state index is 0.174. The van der Waals surface area contributed by atoms with Gasteiger partial charge in [-0.25, -0.2) is 4.39 Å². The first-order valence-electron chi connectivity index (χ1n) is 12.8. The quantitative estimate of drug-likeness (QED) is 0.421. The lowest BCUT2D eigenvalue weighted by atomic mass is 9.78.